The van der Waals surface area contributed by atoms with Gasteiger partial charge in [0, 0.05) is 5.75 Å². The van der Waals surface area contributed by atoms with Gasteiger partial charge in [0.2, 0.25) is 0 Å². The average molecular weight is 240 g/mol. The van der Waals surface area contributed by atoms with Gasteiger partial charge in [-0.3, -0.25) is 4.79 Å². The fourth-order valence-corrected chi connectivity index (χ4v) is 1.97. The van der Waals surface area contributed by atoms with Crippen molar-refractivity contribution in [1.82, 2.24) is 0 Å². The molecule has 0 saturated heterocycles. The van der Waals surface area contributed by atoms with Crippen molar-refractivity contribution < 1.29 is 14.6 Å². The van der Waals surface area contributed by atoms with Gasteiger partial charge < -0.3 is 9.84 Å². The highest BCUT2D eigenvalue weighted by molar-refractivity contribution is 7.99. The monoisotopic (exact) mass is 240 g/mol. The van der Waals surface area contributed by atoms with Crippen LogP contribution < -0.4 is 4.74 Å². The third-order valence-electron chi connectivity index (χ3n) is 1.91. The van der Waals surface area contributed by atoms with Crippen LogP contribution in [0.5, 0.6) is 5.75 Å². The molecule has 1 N–H and O–H groups in total. The van der Waals surface area contributed by atoms with Gasteiger partial charge in [-0.15, -0.1) is 0 Å². The molecule has 0 bridgehead atoms. The predicted molar refractivity (Wildman–Crippen MR) is 66.1 cm³/mol. The summed E-state index contributed by atoms with van der Waals surface area (Å²) in [6.45, 7) is 0.685. The van der Waals surface area contributed by atoms with Crippen molar-refractivity contribution in [2.75, 3.05) is 18.1 Å². The summed E-state index contributed by atoms with van der Waals surface area (Å²) in [5.41, 5.74) is 0. The molecule has 88 valence electrons. The zero-order valence-electron chi connectivity index (χ0n) is 9.09. The molecule has 0 saturated carbocycles. The van der Waals surface area contributed by atoms with Crippen molar-refractivity contribution in [1.29, 1.82) is 0 Å². The number of thioether (sulfide) groups is 1. The van der Waals surface area contributed by atoms with Crippen LogP contribution in [-0.4, -0.2) is 29.2 Å². The number of benzene rings is 1. The molecule has 1 aromatic carbocycles. The Labute approximate surface area is 99.8 Å². The number of rotatable bonds is 8. The molecule has 0 aromatic heterocycles. The highest BCUT2D eigenvalue weighted by Gasteiger charge is 1.97. The highest BCUT2D eigenvalue weighted by Crippen LogP contribution is 2.10. The third-order valence-corrected chi connectivity index (χ3v) is 2.98. The lowest BCUT2D eigenvalue weighted by Gasteiger charge is -2.05. The van der Waals surface area contributed by atoms with Gasteiger partial charge in [-0.2, -0.15) is 11.8 Å². The fourth-order valence-electron chi connectivity index (χ4n) is 1.13. The van der Waals surface area contributed by atoms with E-state index in [1.165, 1.54) is 0 Å². The van der Waals surface area contributed by atoms with Crippen LogP contribution in [0.3, 0.4) is 0 Å². The summed E-state index contributed by atoms with van der Waals surface area (Å²) in [6, 6.07) is 9.69. The predicted octanol–water partition coefficient (Wildman–Crippen LogP) is 2.66. The van der Waals surface area contributed by atoms with E-state index < -0.39 is 5.97 Å². The van der Waals surface area contributed by atoms with Crippen LogP contribution in [0, 0.1) is 0 Å². The number of ether oxygens (including phenoxy) is 1. The molecule has 0 amide bonds. The van der Waals surface area contributed by atoms with E-state index in [-0.39, 0.29) is 6.42 Å². The Bertz CT molecular complexity index is 300. The molecule has 3 nitrogen and oxygen atoms in total. The van der Waals surface area contributed by atoms with E-state index in [9.17, 15) is 4.79 Å². The van der Waals surface area contributed by atoms with Gasteiger partial charge in [-0.05, 0) is 24.3 Å². The van der Waals surface area contributed by atoms with Gasteiger partial charge in [-0.1, -0.05) is 18.2 Å². The summed E-state index contributed by atoms with van der Waals surface area (Å²) in [6.07, 6.45) is 1.18. The van der Waals surface area contributed by atoms with Crippen molar-refractivity contribution in [2.24, 2.45) is 0 Å². The molecule has 0 radical (unpaired) electrons. The quantitative estimate of drug-likeness (QED) is 0.710. The van der Waals surface area contributed by atoms with E-state index in [0.717, 1.165) is 17.9 Å². The molecule has 0 aliphatic rings. The van der Waals surface area contributed by atoms with E-state index in [2.05, 4.69) is 0 Å². The largest absolute Gasteiger partial charge is 0.494 e. The zero-order valence-corrected chi connectivity index (χ0v) is 9.91. The maximum atomic E-state index is 10.2. The summed E-state index contributed by atoms with van der Waals surface area (Å²) in [5.74, 6) is 1.78. The van der Waals surface area contributed by atoms with Crippen molar-refractivity contribution >= 4 is 17.7 Å². The van der Waals surface area contributed by atoms with E-state index in [1.807, 2.05) is 30.3 Å². The molecule has 0 heterocycles. The van der Waals surface area contributed by atoms with E-state index >= 15 is 0 Å². The van der Waals surface area contributed by atoms with Gasteiger partial charge in [0.15, 0.2) is 0 Å². The minimum atomic E-state index is -0.729. The Balaban J connectivity index is 1.94. The Morgan fingerprint density at radius 2 is 2.00 bits per heavy atom. The van der Waals surface area contributed by atoms with Gasteiger partial charge in [-0.25, -0.2) is 0 Å². The SMILES string of the molecule is O=C(O)CCSCCCOc1ccccc1. The van der Waals surface area contributed by atoms with Gasteiger partial charge in [0.1, 0.15) is 5.75 Å². The van der Waals surface area contributed by atoms with E-state index in [0.29, 0.717) is 12.4 Å². The molecule has 1 rings (SSSR count). The first kappa shape index (κ1) is 12.9. The molecule has 16 heavy (non-hydrogen) atoms. The van der Waals surface area contributed by atoms with Crippen LogP contribution in [-0.2, 0) is 4.79 Å². The minimum absolute atomic E-state index is 0.240. The molecule has 0 fully saturated rings. The summed E-state index contributed by atoms with van der Waals surface area (Å²) in [7, 11) is 0. The number of para-hydroxylation sites is 1. The van der Waals surface area contributed by atoms with Crippen LogP contribution >= 0.6 is 11.8 Å². The molecule has 0 unspecified atom stereocenters. The molecule has 0 aliphatic carbocycles. The number of aliphatic carboxylic acids is 1. The van der Waals surface area contributed by atoms with Crippen molar-refractivity contribution in [3.05, 3.63) is 30.3 Å². The van der Waals surface area contributed by atoms with Crippen molar-refractivity contribution in [3.8, 4) is 5.75 Å². The molecular weight excluding hydrogens is 224 g/mol. The summed E-state index contributed by atoms with van der Waals surface area (Å²) >= 11 is 1.66. The second-order valence-corrected chi connectivity index (χ2v) is 4.50. The minimum Gasteiger partial charge on any atom is -0.494 e. The highest BCUT2D eigenvalue weighted by atomic mass is 32.2. The summed E-state index contributed by atoms with van der Waals surface area (Å²) in [4.78, 5) is 10.2. The van der Waals surface area contributed by atoms with Crippen molar-refractivity contribution in [2.45, 2.75) is 12.8 Å². The van der Waals surface area contributed by atoms with Crippen LogP contribution in [0.25, 0.3) is 0 Å². The first-order chi connectivity index (χ1) is 7.79. The Hall–Kier alpha value is -1.16. The zero-order chi connectivity index (χ0) is 11.6. The Kier molecular flexibility index (Phi) is 6.49. The second-order valence-electron chi connectivity index (χ2n) is 3.27. The van der Waals surface area contributed by atoms with Gasteiger partial charge >= 0.3 is 5.97 Å². The Morgan fingerprint density at radius 3 is 2.69 bits per heavy atom. The van der Waals surface area contributed by atoms with Gasteiger partial charge in [0.25, 0.3) is 0 Å². The number of carboxylic acid groups (broad SMARTS) is 1. The number of hydrogen-bond acceptors (Lipinski definition) is 3. The lowest BCUT2D eigenvalue weighted by Crippen LogP contribution is -2.00. The maximum Gasteiger partial charge on any atom is 0.304 e. The third kappa shape index (κ3) is 6.35. The number of hydrogen-bond donors (Lipinski definition) is 1. The molecule has 1 aromatic rings. The molecule has 0 spiro atoms. The summed E-state index contributed by atoms with van der Waals surface area (Å²) in [5, 5.41) is 8.43. The Morgan fingerprint density at radius 1 is 1.25 bits per heavy atom. The number of carbonyl (C=O) groups is 1. The van der Waals surface area contributed by atoms with Crippen LogP contribution in [0.4, 0.5) is 0 Å². The fraction of sp³-hybridized carbons (Fsp3) is 0.417. The average Bonchev–Trinajstić information content (AvgIpc) is 2.29. The van der Waals surface area contributed by atoms with Gasteiger partial charge in [0.05, 0.1) is 13.0 Å². The lowest BCUT2D eigenvalue weighted by molar-refractivity contribution is -0.136. The normalized spacial score (nSPS) is 10.0. The topological polar surface area (TPSA) is 46.5 Å². The standard InChI is InChI=1S/C12H16O3S/c13-12(14)7-10-16-9-4-8-15-11-5-2-1-3-6-11/h1-3,5-6H,4,7-10H2,(H,13,14). The maximum absolute atomic E-state index is 10.2. The summed E-state index contributed by atoms with van der Waals surface area (Å²) < 4.78 is 5.50. The van der Waals surface area contributed by atoms with Crippen LogP contribution in [0.1, 0.15) is 12.8 Å². The molecule has 4 heteroatoms. The molecule has 0 atom stereocenters. The van der Waals surface area contributed by atoms with E-state index in [1.54, 1.807) is 11.8 Å². The second kappa shape index (κ2) is 8.05. The number of carboxylic acids is 1. The molecule has 0 aliphatic heterocycles. The smallest absolute Gasteiger partial charge is 0.304 e. The first-order valence-corrected chi connectivity index (χ1v) is 6.42. The lowest BCUT2D eigenvalue weighted by atomic mass is 10.3. The van der Waals surface area contributed by atoms with Crippen LogP contribution in [0.2, 0.25) is 0 Å². The molecular formula is C12H16O3S. The van der Waals surface area contributed by atoms with E-state index in [4.69, 9.17) is 9.84 Å². The first-order valence-electron chi connectivity index (χ1n) is 5.26. The van der Waals surface area contributed by atoms with Crippen molar-refractivity contribution in [3.63, 3.8) is 0 Å². The van der Waals surface area contributed by atoms with Crippen LogP contribution in [0.15, 0.2) is 30.3 Å².